The molecule has 0 aromatic heterocycles. The fraction of sp³-hybridized carbons (Fsp3) is 0.111. The van der Waals surface area contributed by atoms with Crippen LogP contribution in [0.5, 0.6) is 0 Å². The minimum absolute atomic E-state index is 0.106. The van der Waals surface area contributed by atoms with Gasteiger partial charge in [-0.15, -0.1) is 4.94 Å². The fourth-order valence-corrected chi connectivity index (χ4v) is 1.42. The van der Waals surface area contributed by atoms with Crippen molar-refractivity contribution in [2.24, 2.45) is 5.73 Å². The van der Waals surface area contributed by atoms with Crippen LogP contribution in [0.4, 0.5) is 5.69 Å². The van der Waals surface area contributed by atoms with Crippen molar-refractivity contribution in [2.75, 3.05) is 5.06 Å². The molecule has 0 fully saturated rings. The second-order valence-corrected chi connectivity index (χ2v) is 3.60. The Hall–Kier alpha value is -1.43. The molecule has 0 saturated carbocycles. The summed E-state index contributed by atoms with van der Waals surface area (Å²) < 4.78 is 0. The Balaban J connectivity index is 2.35. The summed E-state index contributed by atoms with van der Waals surface area (Å²) >= 11 is 5.86. The van der Waals surface area contributed by atoms with E-state index in [9.17, 15) is 0 Å². The number of nitrogens with zero attached hydrogens (tertiary/aromatic N) is 2. The first-order valence-corrected chi connectivity index (χ1v) is 4.65. The smallest absolute Gasteiger partial charge is 0.176 e. The number of hydrogen-bond donors (Lipinski definition) is 2. The number of aryl methyl sites for hydroxylation is 1. The Morgan fingerprint density at radius 1 is 1.47 bits per heavy atom. The summed E-state index contributed by atoms with van der Waals surface area (Å²) in [6, 6.07) is 5.35. The lowest BCUT2D eigenvalue weighted by Crippen LogP contribution is -2.23. The van der Waals surface area contributed by atoms with E-state index < -0.39 is 0 Å². The van der Waals surface area contributed by atoms with E-state index in [4.69, 9.17) is 27.5 Å². The van der Waals surface area contributed by atoms with Gasteiger partial charge in [0.05, 0.1) is 11.9 Å². The van der Waals surface area contributed by atoms with Gasteiger partial charge in [0.15, 0.2) is 5.82 Å². The van der Waals surface area contributed by atoms with E-state index in [0.29, 0.717) is 10.2 Å². The van der Waals surface area contributed by atoms with Crippen LogP contribution in [0, 0.1) is 6.92 Å². The Kier molecular flexibility index (Phi) is 2.44. The molecule has 0 aliphatic carbocycles. The van der Waals surface area contributed by atoms with E-state index in [1.54, 1.807) is 12.1 Å². The van der Waals surface area contributed by atoms with Gasteiger partial charge in [-0.25, -0.2) is 0 Å². The monoisotopic (exact) mass is 227 g/mol. The van der Waals surface area contributed by atoms with Crippen LogP contribution in [0.2, 0.25) is 5.02 Å². The van der Waals surface area contributed by atoms with Gasteiger partial charge in [0.1, 0.15) is 0 Å². The molecule has 5 nitrogen and oxygen atoms in total. The van der Waals surface area contributed by atoms with E-state index in [0.717, 1.165) is 11.3 Å². The highest BCUT2D eigenvalue weighted by Crippen LogP contribution is 2.27. The Bertz CT molecular complexity index is 422. The molecule has 1 aromatic carbocycles. The van der Waals surface area contributed by atoms with Crippen LogP contribution in [0.25, 0.3) is 0 Å². The first-order chi connectivity index (χ1) is 7.08. The van der Waals surface area contributed by atoms with Crippen molar-refractivity contribution < 1.29 is 10.1 Å². The second kappa shape index (κ2) is 3.62. The van der Waals surface area contributed by atoms with Gasteiger partial charge in [0, 0.05) is 5.02 Å². The SMILES string of the molecule is Cc1ccc(Cl)cc1N1C=C(N)N(O)O1. The minimum atomic E-state index is 0.106. The van der Waals surface area contributed by atoms with Gasteiger partial charge in [-0.05, 0) is 24.6 Å². The molecule has 0 amide bonds. The molecule has 3 N–H and O–H groups in total. The summed E-state index contributed by atoms with van der Waals surface area (Å²) in [6.45, 7) is 1.90. The molecule has 0 radical (unpaired) electrons. The summed E-state index contributed by atoms with van der Waals surface area (Å²) in [6.07, 6.45) is 1.46. The van der Waals surface area contributed by atoms with E-state index in [-0.39, 0.29) is 5.82 Å². The number of hydrogen-bond acceptors (Lipinski definition) is 5. The lowest BCUT2D eigenvalue weighted by atomic mass is 10.2. The first kappa shape index (κ1) is 10.1. The number of benzene rings is 1. The van der Waals surface area contributed by atoms with Gasteiger partial charge in [-0.1, -0.05) is 22.9 Å². The summed E-state index contributed by atoms with van der Waals surface area (Å²) in [5, 5.41) is 11.5. The van der Waals surface area contributed by atoms with Gasteiger partial charge < -0.3 is 5.73 Å². The topological polar surface area (TPSA) is 62.0 Å². The maximum absolute atomic E-state index is 9.13. The third kappa shape index (κ3) is 1.85. The zero-order chi connectivity index (χ0) is 11.0. The minimum Gasteiger partial charge on any atom is -0.380 e. The van der Waals surface area contributed by atoms with Crippen molar-refractivity contribution in [3.05, 3.63) is 40.8 Å². The van der Waals surface area contributed by atoms with Gasteiger partial charge in [-0.2, -0.15) is 5.06 Å². The molecule has 1 aliphatic rings. The Morgan fingerprint density at radius 3 is 2.80 bits per heavy atom. The van der Waals surface area contributed by atoms with Crippen LogP contribution in [0.15, 0.2) is 30.2 Å². The predicted molar refractivity (Wildman–Crippen MR) is 55.6 cm³/mol. The van der Waals surface area contributed by atoms with Gasteiger partial charge in [0.2, 0.25) is 0 Å². The van der Waals surface area contributed by atoms with Crippen LogP contribution in [-0.2, 0) is 4.94 Å². The van der Waals surface area contributed by atoms with Gasteiger partial charge >= 0.3 is 0 Å². The third-order valence-corrected chi connectivity index (χ3v) is 2.28. The molecule has 1 aliphatic heterocycles. The molecule has 0 spiro atoms. The lowest BCUT2D eigenvalue weighted by molar-refractivity contribution is -0.304. The van der Waals surface area contributed by atoms with E-state index in [1.165, 1.54) is 11.3 Å². The molecular weight excluding hydrogens is 218 g/mol. The number of rotatable bonds is 1. The van der Waals surface area contributed by atoms with Crippen molar-refractivity contribution in [1.82, 2.24) is 5.23 Å². The number of nitrogens with two attached hydrogens (primary N) is 1. The number of anilines is 1. The average Bonchev–Trinajstić information content (AvgIpc) is 2.51. The normalized spacial score (nSPS) is 15.8. The molecule has 2 rings (SSSR count). The van der Waals surface area contributed by atoms with Gasteiger partial charge in [-0.3, -0.25) is 5.21 Å². The zero-order valence-electron chi connectivity index (χ0n) is 8.01. The van der Waals surface area contributed by atoms with Crippen molar-refractivity contribution in [1.29, 1.82) is 0 Å². The standard InChI is InChI=1S/C9H10ClN3O2/c1-6-2-3-7(10)4-8(6)12-5-9(11)13(14)15-12/h2-5,14H,11H2,1H3. The molecule has 0 atom stereocenters. The molecule has 6 heteroatoms. The Labute approximate surface area is 91.8 Å². The summed E-state index contributed by atoms with van der Waals surface area (Å²) in [4.78, 5) is 4.94. The van der Waals surface area contributed by atoms with E-state index in [1.807, 2.05) is 13.0 Å². The number of hydroxylamine groups is 3. The van der Waals surface area contributed by atoms with Crippen LogP contribution >= 0.6 is 11.6 Å². The zero-order valence-corrected chi connectivity index (χ0v) is 8.77. The highest BCUT2D eigenvalue weighted by molar-refractivity contribution is 6.30. The molecular formula is C9H10ClN3O2. The molecule has 0 bridgehead atoms. The second-order valence-electron chi connectivity index (χ2n) is 3.17. The maximum Gasteiger partial charge on any atom is 0.176 e. The summed E-state index contributed by atoms with van der Waals surface area (Å²) in [5.41, 5.74) is 7.11. The predicted octanol–water partition coefficient (Wildman–Crippen LogP) is 1.76. The largest absolute Gasteiger partial charge is 0.380 e. The molecule has 0 unspecified atom stereocenters. The van der Waals surface area contributed by atoms with Crippen LogP contribution in [-0.4, -0.2) is 10.4 Å². The van der Waals surface area contributed by atoms with E-state index >= 15 is 0 Å². The van der Waals surface area contributed by atoms with Crippen LogP contribution in [0.3, 0.4) is 0 Å². The highest BCUT2D eigenvalue weighted by Gasteiger charge is 2.21. The third-order valence-electron chi connectivity index (χ3n) is 2.04. The highest BCUT2D eigenvalue weighted by atomic mass is 35.5. The van der Waals surface area contributed by atoms with Crippen molar-refractivity contribution in [2.45, 2.75) is 6.92 Å². The van der Waals surface area contributed by atoms with Crippen LogP contribution < -0.4 is 10.8 Å². The number of halogens is 1. The average molecular weight is 228 g/mol. The summed E-state index contributed by atoms with van der Waals surface area (Å²) in [5.74, 6) is 0.106. The molecule has 15 heavy (non-hydrogen) atoms. The molecule has 80 valence electrons. The quantitative estimate of drug-likeness (QED) is 0.766. The maximum atomic E-state index is 9.13. The van der Waals surface area contributed by atoms with E-state index in [2.05, 4.69) is 0 Å². The molecule has 0 saturated heterocycles. The van der Waals surface area contributed by atoms with Crippen molar-refractivity contribution in [3.63, 3.8) is 0 Å². The summed E-state index contributed by atoms with van der Waals surface area (Å²) in [7, 11) is 0. The molecule has 1 heterocycles. The van der Waals surface area contributed by atoms with Crippen molar-refractivity contribution in [3.8, 4) is 0 Å². The van der Waals surface area contributed by atoms with Crippen molar-refractivity contribution >= 4 is 17.3 Å². The Morgan fingerprint density at radius 2 is 2.20 bits per heavy atom. The first-order valence-electron chi connectivity index (χ1n) is 4.27. The fourth-order valence-electron chi connectivity index (χ4n) is 1.26. The van der Waals surface area contributed by atoms with Gasteiger partial charge in [0.25, 0.3) is 0 Å². The van der Waals surface area contributed by atoms with Crippen LogP contribution in [0.1, 0.15) is 5.56 Å². The molecule has 1 aromatic rings. The lowest BCUT2D eigenvalue weighted by Gasteiger charge is -2.17.